The van der Waals surface area contributed by atoms with E-state index in [1.807, 2.05) is 240 Å². The normalized spacial score (nSPS) is 25.1. The molecule has 0 radical (unpaired) electrons. The topological polar surface area (TPSA) is 420 Å². The van der Waals surface area contributed by atoms with Crippen molar-refractivity contribution in [2.24, 2.45) is 58.6 Å². The Morgan fingerprint density at radius 3 is 0.949 bits per heavy atom. The number of hydrogen-bond acceptors (Lipinski definition) is 25. The maximum Gasteiger partial charge on any atom is 0.408 e. The van der Waals surface area contributed by atoms with E-state index in [-0.39, 0.29) is 171 Å². The number of amides is 2. The molecule has 0 bridgehead atoms. The van der Waals surface area contributed by atoms with E-state index in [0.717, 1.165) is 23.1 Å². The Morgan fingerprint density at radius 1 is 0.322 bits per heavy atom. The number of aliphatic hydroxyl groups is 4. The van der Waals surface area contributed by atoms with E-state index in [9.17, 15) is 63.6 Å². The van der Waals surface area contributed by atoms with Gasteiger partial charge in [-0.05, 0) is 247 Å². The van der Waals surface area contributed by atoms with Crippen molar-refractivity contribution in [3.63, 3.8) is 0 Å². The maximum absolute atomic E-state index is 12.0. The lowest BCUT2D eigenvalue weighted by molar-refractivity contribution is -0.157. The van der Waals surface area contributed by atoms with Crippen LogP contribution in [0.4, 0.5) is 9.59 Å². The van der Waals surface area contributed by atoms with Gasteiger partial charge in [0.15, 0.2) is 0 Å². The molecule has 4 fully saturated rings. The minimum absolute atomic E-state index is 0.0137. The van der Waals surface area contributed by atoms with Crippen LogP contribution in [-0.2, 0) is 96.0 Å². The molecular formula is C91H141N5O22. The van der Waals surface area contributed by atoms with Crippen molar-refractivity contribution in [1.29, 1.82) is 0 Å². The largest absolute Gasteiger partial charge is 0.461 e. The smallest absolute Gasteiger partial charge is 0.408 e. The van der Waals surface area contributed by atoms with Crippen LogP contribution in [0, 0.1) is 41.4 Å². The third-order valence-corrected chi connectivity index (χ3v) is 19.1. The van der Waals surface area contributed by atoms with Crippen LogP contribution in [0.2, 0.25) is 0 Å². The summed E-state index contributed by atoms with van der Waals surface area (Å²) in [6, 6.07) is 28.4. The van der Waals surface area contributed by atoms with E-state index in [0.29, 0.717) is 70.6 Å². The summed E-state index contributed by atoms with van der Waals surface area (Å²) in [5, 5.41) is 44.9. The highest BCUT2D eigenvalue weighted by Crippen LogP contribution is 2.38. The van der Waals surface area contributed by atoms with Crippen LogP contribution >= 0.6 is 0 Å². The highest BCUT2D eigenvalue weighted by Gasteiger charge is 2.40. The zero-order chi connectivity index (χ0) is 88.5. The molecule has 118 heavy (non-hydrogen) atoms. The molecule has 2 amide bonds. The summed E-state index contributed by atoms with van der Waals surface area (Å²) in [5.41, 5.74) is 17.0. The number of ether oxygens (including phenoxy) is 9. The minimum atomic E-state index is -0.572. The van der Waals surface area contributed by atoms with Crippen LogP contribution in [-0.4, -0.2) is 163 Å². The van der Waals surface area contributed by atoms with Gasteiger partial charge in [0.2, 0.25) is 0 Å². The number of carbonyl (C=O) groups excluding carboxylic acids is 9. The lowest BCUT2D eigenvalue weighted by Crippen LogP contribution is -2.38. The van der Waals surface area contributed by atoms with Gasteiger partial charge < -0.3 is 90.9 Å². The van der Waals surface area contributed by atoms with Crippen molar-refractivity contribution in [3.8, 4) is 0 Å². The van der Waals surface area contributed by atoms with E-state index in [1.165, 1.54) is 0 Å². The van der Waals surface area contributed by atoms with E-state index in [2.05, 4.69) is 10.6 Å². The van der Waals surface area contributed by atoms with Gasteiger partial charge >= 0.3 is 54.0 Å². The second-order valence-electron chi connectivity index (χ2n) is 37.8. The fourth-order valence-corrected chi connectivity index (χ4v) is 14.2. The number of benzene rings is 3. The quantitative estimate of drug-likeness (QED) is 0.0256. The molecule has 6 aliphatic rings. The SMILES string of the molecule is CC(C)(C)OC(=O)C[C@@H]1C[C@@H](CC(=O)OCc2ccccc2)CC1O.CC(C)(C)OC(=O)C[C@@H]1C[C@@H](N)CC1O.CC(C)(C)OC(=O)C[C@H]1CC(O)[C@H](CC(=O)OCc2ccccc2)C1.CC(C)(C)OC(=O)C[C@H]1CC(O)[C@H](N)C1.CC(C)(C)OC(=O)NC1C=C[C@H](N)C1.CC(C)(C)OC(=O)N[C@H]1C=C[C@H](CC(=O)OCc2ccccc2)C1. The first-order valence-electron chi connectivity index (χ1n) is 41.5. The fraction of sp³-hybridized carbons (Fsp3) is 0.659. The number of rotatable bonds is 22. The van der Waals surface area contributed by atoms with Crippen LogP contribution in [0.15, 0.2) is 115 Å². The van der Waals surface area contributed by atoms with Gasteiger partial charge in [-0.3, -0.25) is 33.6 Å². The van der Waals surface area contributed by atoms with E-state index < -0.39 is 64.1 Å². The molecule has 0 aromatic heterocycles. The molecule has 0 spiro atoms. The number of carbonyl (C=O) groups is 9. The highest BCUT2D eigenvalue weighted by molar-refractivity contribution is 5.74. The predicted octanol–water partition coefficient (Wildman–Crippen LogP) is 12.9. The van der Waals surface area contributed by atoms with Crippen molar-refractivity contribution in [2.45, 2.75) is 342 Å². The Kier molecular flexibility index (Phi) is 41.7. The van der Waals surface area contributed by atoms with Crippen molar-refractivity contribution in [3.05, 3.63) is 132 Å². The number of alkyl carbamates (subject to hydrolysis) is 2. The van der Waals surface area contributed by atoms with Crippen LogP contribution in [0.1, 0.15) is 250 Å². The maximum atomic E-state index is 12.0. The van der Waals surface area contributed by atoms with Crippen LogP contribution in [0.3, 0.4) is 0 Å². The molecule has 0 heterocycles. The number of esters is 7. The first-order chi connectivity index (χ1) is 54.7. The molecule has 0 aliphatic heterocycles. The first kappa shape index (κ1) is 102. The standard InChI is InChI=1S/2C20H28O5.C19H25NO4.2C11H21NO3.C10H18N2O2/c1-20(2,3)25-19(23)11-15-9-16(17(21)10-15)12-18(22)24-13-14-7-5-4-6-8-14;1-20(2,3)25-19(23)12-16-9-15(10-17(16)21)11-18(22)24-13-14-7-5-4-6-8-14;1-19(2,3)24-18(22)20-16-10-9-15(11-16)12-17(21)23-13-14-7-5-4-6-8-14;1-11(2,3)15-10(14)5-7-4-8(12)6-9(7)13;1-11(2,3)15-10(14)6-7-4-8(12)9(13)5-7;1-10(2,3)14-9(13)12-8-5-4-7(11)6-8/h2*4-8,15-17,21H,9-13H2,1-3H3;4-10,15-16H,11-13H2,1-3H3,(H,20,22);2*7-9,13H,4-6,12H2,1-3H3;4-5,7-8H,6,11H2,1-3H3,(H,12,13)/t2*15-,16+,17?;15-,16-;7-,8+,9?;7-,8-,9?;7-,8?/m110010/s1. The van der Waals surface area contributed by atoms with Crippen LogP contribution in [0.5, 0.6) is 0 Å². The summed E-state index contributed by atoms with van der Waals surface area (Å²) >= 11 is 0. The zero-order valence-corrected chi connectivity index (χ0v) is 73.2. The van der Waals surface area contributed by atoms with Crippen molar-refractivity contribution >= 4 is 54.0 Å². The molecule has 0 saturated heterocycles. The van der Waals surface area contributed by atoms with Gasteiger partial charge in [0.1, 0.15) is 53.4 Å². The zero-order valence-electron chi connectivity index (χ0n) is 73.2. The van der Waals surface area contributed by atoms with E-state index in [1.54, 1.807) is 0 Å². The van der Waals surface area contributed by atoms with Crippen molar-refractivity contribution in [2.75, 3.05) is 0 Å². The van der Waals surface area contributed by atoms with Gasteiger partial charge in [-0.15, -0.1) is 0 Å². The second kappa shape index (κ2) is 48.2. The monoisotopic (exact) mass is 1660 g/mol. The van der Waals surface area contributed by atoms with Crippen LogP contribution in [0.25, 0.3) is 0 Å². The molecule has 3 aromatic carbocycles. The molecule has 6 aliphatic carbocycles. The average Bonchev–Trinajstić information content (AvgIpc) is 1.73. The van der Waals surface area contributed by atoms with E-state index >= 15 is 0 Å². The Hall–Kier alpha value is -8.31. The van der Waals surface area contributed by atoms with Crippen molar-refractivity contribution < 1.29 is 106 Å². The number of allylic oxidation sites excluding steroid dienone is 1. The summed E-state index contributed by atoms with van der Waals surface area (Å²) in [6.07, 6.45) is 13.0. The Bertz CT molecular complexity index is 3620. The number of nitrogens with two attached hydrogens (primary N) is 3. The van der Waals surface area contributed by atoms with Gasteiger partial charge in [-0.2, -0.15) is 0 Å². The van der Waals surface area contributed by atoms with E-state index in [4.69, 9.17) is 59.8 Å². The van der Waals surface area contributed by atoms with Gasteiger partial charge in [-0.25, -0.2) is 9.59 Å². The molecule has 27 nitrogen and oxygen atoms in total. The Labute approximate surface area is 700 Å². The Balaban J connectivity index is 0.000000303. The average molecular weight is 1660 g/mol. The summed E-state index contributed by atoms with van der Waals surface area (Å²) in [5.74, 6) is -1.81. The summed E-state index contributed by atoms with van der Waals surface area (Å²) in [6.45, 7) is 33.8. The summed E-state index contributed by atoms with van der Waals surface area (Å²) < 4.78 is 47.2. The molecule has 9 rings (SSSR count). The molecule has 27 heteroatoms. The van der Waals surface area contributed by atoms with Crippen LogP contribution < -0.4 is 27.8 Å². The first-order valence-corrected chi connectivity index (χ1v) is 41.5. The molecule has 662 valence electrons. The van der Waals surface area contributed by atoms with Gasteiger partial charge in [-0.1, -0.05) is 115 Å². The Morgan fingerprint density at radius 2 is 0.619 bits per heavy atom. The number of hydrogen-bond donors (Lipinski definition) is 9. The van der Waals surface area contributed by atoms with Crippen molar-refractivity contribution in [1.82, 2.24) is 10.6 Å². The third-order valence-electron chi connectivity index (χ3n) is 19.1. The molecule has 16 atom stereocenters. The molecule has 4 saturated carbocycles. The molecule has 12 N–H and O–H groups in total. The predicted molar refractivity (Wildman–Crippen MR) is 448 cm³/mol. The van der Waals surface area contributed by atoms with Gasteiger partial charge in [0, 0.05) is 37.4 Å². The second-order valence-corrected chi connectivity index (χ2v) is 37.8. The summed E-state index contributed by atoms with van der Waals surface area (Å²) in [7, 11) is 0. The highest BCUT2D eigenvalue weighted by atomic mass is 16.6. The molecular weight excluding hydrogens is 1520 g/mol. The van der Waals surface area contributed by atoms with Gasteiger partial charge in [0.05, 0.1) is 62.2 Å². The number of aliphatic hydroxyl groups excluding tert-OH is 4. The molecule has 5 unspecified atom stereocenters. The number of nitrogens with one attached hydrogen (secondary N) is 2. The van der Waals surface area contributed by atoms with Gasteiger partial charge in [0.25, 0.3) is 0 Å². The minimum Gasteiger partial charge on any atom is -0.461 e. The summed E-state index contributed by atoms with van der Waals surface area (Å²) in [4.78, 5) is 106. The fourth-order valence-electron chi connectivity index (χ4n) is 14.2. The third kappa shape index (κ3) is 46.3. The lowest BCUT2D eigenvalue weighted by atomic mass is 9.99. The molecule has 3 aromatic rings. The lowest BCUT2D eigenvalue weighted by Gasteiger charge is -2.21.